The molecule has 0 heterocycles. The van der Waals surface area contributed by atoms with Gasteiger partial charge in [0.25, 0.3) is 0 Å². The summed E-state index contributed by atoms with van der Waals surface area (Å²) in [6.45, 7) is 0. The van der Waals surface area contributed by atoms with Gasteiger partial charge in [-0.2, -0.15) is 8.42 Å². The first-order valence-electron chi connectivity index (χ1n) is 1.03. The van der Waals surface area contributed by atoms with Crippen LogP contribution >= 0.6 is 0 Å². The number of rotatable bonds is 1. The summed E-state index contributed by atoms with van der Waals surface area (Å²) in [5.41, 5.74) is 0. The van der Waals surface area contributed by atoms with Crippen molar-refractivity contribution in [1.29, 1.82) is 0 Å². The molecule has 0 fully saturated rings. The van der Waals surface area contributed by atoms with E-state index in [9.17, 15) is 12.6 Å². The van der Waals surface area contributed by atoms with Gasteiger partial charge >= 0.3 is 19.3 Å². The highest BCUT2D eigenvalue weighted by atomic mass is 33.2. The molecule has 1 atom stereocenters. The molecular weight excluding hydrogens is 158 g/mol. The first-order valence-corrected chi connectivity index (χ1v) is 4.10. The zero-order valence-corrected chi connectivity index (χ0v) is 5.28. The Bertz CT molecular complexity index is 165. The van der Waals surface area contributed by atoms with Crippen LogP contribution in [0.3, 0.4) is 0 Å². The van der Waals surface area contributed by atoms with E-state index >= 15 is 0 Å². The zero-order chi connectivity index (χ0) is 6.08. The van der Waals surface area contributed by atoms with E-state index < -0.39 is 19.3 Å². The average molecular weight is 163 g/mol. The molecule has 0 radical (unpaired) electrons. The van der Waals surface area contributed by atoms with Gasteiger partial charge in [0, 0.05) is 0 Å². The summed E-state index contributed by atoms with van der Waals surface area (Å²) in [6, 6.07) is 0. The molecule has 8 heavy (non-hydrogen) atoms. The molecule has 0 aromatic carbocycles. The van der Waals surface area contributed by atoms with Crippen LogP contribution in [0, 0.1) is 0 Å². The molecular formula is H5NO5S2. The normalized spacial score (nSPS) is 14.2. The average Bonchev–Trinajstić information content (AvgIpc) is 1.31. The van der Waals surface area contributed by atoms with Gasteiger partial charge in [0.05, 0.1) is 0 Å². The minimum absolute atomic E-state index is 0. The molecule has 5 N–H and O–H groups in total. The second-order valence-electron chi connectivity index (χ2n) is 0.645. The molecule has 6 nitrogen and oxygen atoms in total. The van der Waals surface area contributed by atoms with Gasteiger partial charge in [0.1, 0.15) is 0 Å². The van der Waals surface area contributed by atoms with Crippen LogP contribution in [0.4, 0.5) is 0 Å². The lowest BCUT2D eigenvalue weighted by Crippen LogP contribution is -2.03. The van der Waals surface area contributed by atoms with Crippen LogP contribution in [-0.4, -0.2) is 21.7 Å². The lowest BCUT2D eigenvalue weighted by Gasteiger charge is -1.80. The van der Waals surface area contributed by atoms with Gasteiger partial charge in [0.15, 0.2) is 0 Å². The molecule has 0 aromatic rings. The molecule has 0 aliphatic heterocycles. The van der Waals surface area contributed by atoms with Gasteiger partial charge in [-0.1, -0.05) is 0 Å². The summed E-state index contributed by atoms with van der Waals surface area (Å²) in [4.78, 5) is 0. The molecule has 0 rings (SSSR count). The third-order valence-corrected chi connectivity index (χ3v) is 1.62. The SMILES string of the molecule is N.O=S(O)S(=O)(=O)O. The lowest BCUT2D eigenvalue weighted by molar-refractivity contribution is 0.488. The second kappa shape index (κ2) is 3.10. The Balaban J connectivity index is 0. The molecule has 52 valence electrons. The summed E-state index contributed by atoms with van der Waals surface area (Å²) < 4.78 is 43.0. The van der Waals surface area contributed by atoms with E-state index in [-0.39, 0.29) is 6.15 Å². The van der Waals surface area contributed by atoms with E-state index in [0.717, 1.165) is 0 Å². The van der Waals surface area contributed by atoms with E-state index in [1.807, 2.05) is 0 Å². The molecule has 8 heteroatoms. The first-order chi connectivity index (χ1) is 2.94. The topological polar surface area (TPSA) is 127 Å². The van der Waals surface area contributed by atoms with Crippen molar-refractivity contribution in [1.82, 2.24) is 6.15 Å². The van der Waals surface area contributed by atoms with Crippen LogP contribution in [-0.2, 0) is 19.3 Å². The zero-order valence-electron chi connectivity index (χ0n) is 3.64. The monoisotopic (exact) mass is 163 g/mol. The summed E-state index contributed by atoms with van der Waals surface area (Å²) in [7, 11) is -7.87. The molecule has 0 saturated heterocycles. The van der Waals surface area contributed by atoms with Crippen LogP contribution in [0.25, 0.3) is 0 Å². The maximum Gasteiger partial charge on any atom is 0.373 e. The lowest BCUT2D eigenvalue weighted by atomic mass is 14.0. The highest BCUT2D eigenvalue weighted by Crippen LogP contribution is 1.83. The fraction of sp³-hybridized carbons (Fsp3) is 0. The third kappa shape index (κ3) is 4.15. The van der Waals surface area contributed by atoms with Crippen molar-refractivity contribution in [2.24, 2.45) is 0 Å². The van der Waals surface area contributed by atoms with Crippen molar-refractivity contribution in [3.05, 3.63) is 0 Å². The maximum atomic E-state index is 9.34. The standard InChI is InChI=1S/H3N.H2O5S2/c;1-6(2)7(3,4)5/h1H3;(H,1,2)(H,3,4,5). The van der Waals surface area contributed by atoms with Crippen LogP contribution < -0.4 is 6.15 Å². The minimum Gasteiger partial charge on any atom is -0.344 e. The molecule has 0 aliphatic carbocycles. The summed E-state index contributed by atoms with van der Waals surface area (Å²) in [5.74, 6) is 0. The van der Waals surface area contributed by atoms with E-state index in [1.54, 1.807) is 0 Å². The Morgan fingerprint density at radius 2 is 1.50 bits per heavy atom. The van der Waals surface area contributed by atoms with Crippen LogP contribution in [0.1, 0.15) is 0 Å². The molecule has 0 amide bonds. The van der Waals surface area contributed by atoms with Gasteiger partial charge in [-0.15, -0.1) is 0 Å². The largest absolute Gasteiger partial charge is 0.373 e. The van der Waals surface area contributed by atoms with E-state index in [2.05, 4.69) is 0 Å². The summed E-state index contributed by atoms with van der Waals surface area (Å²) in [6.07, 6.45) is 0. The quantitative estimate of drug-likeness (QED) is 0.263. The van der Waals surface area contributed by atoms with Crippen LogP contribution in [0.2, 0.25) is 0 Å². The molecule has 0 aliphatic rings. The van der Waals surface area contributed by atoms with Gasteiger partial charge < -0.3 is 6.15 Å². The van der Waals surface area contributed by atoms with Gasteiger partial charge in [-0.05, 0) is 0 Å². The van der Waals surface area contributed by atoms with Crippen molar-refractivity contribution < 1.29 is 21.7 Å². The fourth-order valence-electron chi connectivity index (χ4n) is 0. The van der Waals surface area contributed by atoms with E-state index in [4.69, 9.17) is 9.11 Å². The molecule has 0 saturated carbocycles. The molecule has 0 spiro atoms. The van der Waals surface area contributed by atoms with Gasteiger partial charge in [-0.3, -0.25) is 9.11 Å². The predicted octanol–water partition coefficient (Wildman–Crippen LogP) is -0.827. The predicted molar refractivity (Wildman–Crippen MR) is 27.3 cm³/mol. The smallest absolute Gasteiger partial charge is 0.344 e. The fourth-order valence-corrected chi connectivity index (χ4v) is 0. The Hall–Kier alpha value is -0.0200. The molecule has 0 bridgehead atoms. The van der Waals surface area contributed by atoms with Gasteiger partial charge in [-0.25, -0.2) is 4.21 Å². The Morgan fingerprint density at radius 1 is 1.38 bits per heavy atom. The van der Waals surface area contributed by atoms with Crippen LogP contribution in [0.15, 0.2) is 0 Å². The van der Waals surface area contributed by atoms with Crippen molar-refractivity contribution in [3.63, 3.8) is 0 Å². The van der Waals surface area contributed by atoms with Crippen molar-refractivity contribution in [3.8, 4) is 0 Å². The van der Waals surface area contributed by atoms with Crippen molar-refractivity contribution in [2.45, 2.75) is 0 Å². The third-order valence-electron chi connectivity index (χ3n) is 0.180. The number of hydrogen-bond acceptors (Lipinski definition) is 4. The maximum absolute atomic E-state index is 9.34. The minimum atomic E-state index is -4.71. The van der Waals surface area contributed by atoms with Crippen molar-refractivity contribution in [2.75, 3.05) is 0 Å². The second-order valence-corrected chi connectivity index (χ2v) is 4.05. The van der Waals surface area contributed by atoms with Gasteiger partial charge in [0.2, 0.25) is 0 Å². The van der Waals surface area contributed by atoms with E-state index in [1.165, 1.54) is 0 Å². The summed E-state index contributed by atoms with van der Waals surface area (Å²) >= 11 is 0. The Kier molecular flexibility index (Phi) is 4.21. The molecule has 0 aromatic heterocycles. The van der Waals surface area contributed by atoms with Crippen LogP contribution in [0.5, 0.6) is 0 Å². The first kappa shape index (κ1) is 10.9. The number of hydrogen-bond donors (Lipinski definition) is 3. The Labute approximate surface area is 47.9 Å². The van der Waals surface area contributed by atoms with Crippen molar-refractivity contribution >= 4 is 19.3 Å². The van der Waals surface area contributed by atoms with E-state index in [0.29, 0.717) is 0 Å². The highest BCUT2D eigenvalue weighted by molar-refractivity contribution is 8.59. The highest BCUT2D eigenvalue weighted by Gasteiger charge is 2.10. The molecule has 1 unspecified atom stereocenters. The summed E-state index contributed by atoms with van der Waals surface area (Å²) in [5, 5.41) is 0. The Morgan fingerprint density at radius 3 is 1.50 bits per heavy atom.